The Labute approximate surface area is 90.6 Å². The monoisotopic (exact) mass is 232 g/mol. The lowest BCUT2D eigenvalue weighted by molar-refractivity contribution is -0.130. The van der Waals surface area contributed by atoms with Gasteiger partial charge >= 0.3 is 0 Å². The quantitative estimate of drug-likeness (QED) is 0.692. The van der Waals surface area contributed by atoms with E-state index in [1.54, 1.807) is 6.92 Å². The normalized spacial score (nSPS) is 15.1. The number of nitriles is 1. The molecule has 0 aliphatic rings. The standard InChI is InChI=1S/C9H16N2O3S/c1-7(5-6-10)11(3)9(12)8(2)15(4,13)14/h7-8H,5H2,1-4H3. The third-order valence-electron chi connectivity index (χ3n) is 2.39. The molecule has 2 unspecified atom stereocenters. The molecule has 0 radical (unpaired) electrons. The maximum atomic E-state index is 11.6. The summed E-state index contributed by atoms with van der Waals surface area (Å²) in [6.45, 7) is 3.06. The molecular weight excluding hydrogens is 216 g/mol. The molecule has 0 rings (SSSR count). The molecule has 0 heterocycles. The molecule has 15 heavy (non-hydrogen) atoms. The molecule has 0 saturated carbocycles. The van der Waals surface area contributed by atoms with Crippen LogP contribution in [0.3, 0.4) is 0 Å². The molecule has 0 N–H and O–H groups in total. The van der Waals surface area contributed by atoms with Gasteiger partial charge in [-0.15, -0.1) is 0 Å². The fraction of sp³-hybridized carbons (Fsp3) is 0.778. The van der Waals surface area contributed by atoms with Crippen LogP contribution in [0.1, 0.15) is 20.3 Å². The Morgan fingerprint density at radius 3 is 2.27 bits per heavy atom. The maximum Gasteiger partial charge on any atom is 0.240 e. The summed E-state index contributed by atoms with van der Waals surface area (Å²) in [5.41, 5.74) is 0. The van der Waals surface area contributed by atoms with Gasteiger partial charge in [-0.25, -0.2) is 8.42 Å². The van der Waals surface area contributed by atoms with Gasteiger partial charge in [-0.1, -0.05) is 0 Å². The Bertz CT molecular complexity index is 369. The second-order valence-electron chi connectivity index (χ2n) is 3.63. The van der Waals surface area contributed by atoms with Crippen molar-refractivity contribution in [2.75, 3.05) is 13.3 Å². The van der Waals surface area contributed by atoms with Crippen molar-refractivity contribution in [3.05, 3.63) is 0 Å². The number of carbonyl (C=O) groups is 1. The maximum absolute atomic E-state index is 11.6. The molecule has 0 saturated heterocycles. The van der Waals surface area contributed by atoms with Crippen molar-refractivity contribution in [3.8, 4) is 6.07 Å². The third-order valence-corrected chi connectivity index (χ3v) is 3.87. The summed E-state index contributed by atoms with van der Waals surface area (Å²) in [6.07, 6.45) is 1.22. The van der Waals surface area contributed by atoms with E-state index < -0.39 is 21.0 Å². The Balaban J connectivity index is 4.67. The molecule has 0 spiro atoms. The van der Waals surface area contributed by atoms with Crippen LogP contribution in [0.15, 0.2) is 0 Å². The lowest BCUT2D eigenvalue weighted by atomic mass is 10.2. The fourth-order valence-corrected chi connectivity index (χ4v) is 1.49. The minimum Gasteiger partial charge on any atom is -0.341 e. The van der Waals surface area contributed by atoms with Crippen LogP contribution in [0.4, 0.5) is 0 Å². The van der Waals surface area contributed by atoms with Gasteiger partial charge in [0.25, 0.3) is 0 Å². The molecule has 0 aromatic heterocycles. The SMILES string of the molecule is CC(CC#N)N(C)C(=O)C(C)S(C)(=O)=O. The number of sulfone groups is 1. The number of rotatable bonds is 4. The van der Waals surface area contributed by atoms with E-state index in [9.17, 15) is 13.2 Å². The summed E-state index contributed by atoms with van der Waals surface area (Å²) in [6, 6.07) is 1.67. The third kappa shape index (κ3) is 3.88. The van der Waals surface area contributed by atoms with E-state index in [-0.39, 0.29) is 12.5 Å². The number of hydrogen-bond acceptors (Lipinski definition) is 4. The van der Waals surface area contributed by atoms with Crippen molar-refractivity contribution in [1.82, 2.24) is 4.90 Å². The first kappa shape index (κ1) is 13.9. The van der Waals surface area contributed by atoms with Crippen LogP contribution in [0.25, 0.3) is 0 Å². The van der Waals surface area contributed by atoms with Gasteiger partial charge in [-0.3, -0.25) is 4.79 Å². The zero-order valence-electron chi connectivity index (χ0n) is 9.39. The number of amides is 1. The highest BCUT2D eigenvalue weighted by atomic mass is 32.2. The summed E-state index contributed by atoms with van der Waals surface area (Å²) < 4.78 is 22.3. The predicted octanol–water partition coefficient (Wildman–Crippen LogP) is 0.180. The Hall–Kier alpha value is -1.09. The molecule has 6 heteroatoms. The predicted molar refractivity (Wildman–Crippen MR) is 56.8 cm³/mol. The summed E-state index contributed by atoms with van der Waals surface area (Å²) in [4.78, 5) is 12.9. The molecule has 0 bridgehead atoms. The van der Waals surface area contributed by atoms with Gasteiger partial charge < -0.3 is 4.90 Å². The van der Waals surface area contributed by atoms with Crippen molar-refractivity contribution < 1.29 is 13.2 Å². The molecule has 1 amide bonds. The van der Waals surface area contributed by atoms with E-state index in [1.807, 2.05) is 6.07 Å². The van der Waals surface area contributed by atoms with Gasteiger partial charge in [0.05, 0.1) is 12.5 Å². The van der Waals surface area contributed by atoms with Crippen molar-refractivity contribution in [2.45, 2.75) is 31.6 Å². The van der Waals surface area contributed by atoms with E-state index in [0.717, 1.165) is 6.26 Å². The first-order valence-corrected chi connectivity index (χ1v) is 6.49. The number of nitrogens with zero attached hydrogens (tertiary/aromatic N) is 2. The molecule has 2 atom stereocenters. The van der Waals surface area contributed by atoms with E-state index in [1.165, 1.54) is 18.9 Å². The van der Waals surface area contributed by atoms with Gasteiger partial charge in [-0.2, -0.15) is 5.26 Å². The van der Waals surface area contributed by atoms with E-state index in [0.29, 0.717) is 0 Å². The number of hydrogen-bond donors (Lipinski definition) is 0. The summed E-state index contributed by atoms with van der Waals surface area (Å²) >= 11 is 0. The number of carbonyl (C=O) groups excluding carboxylic acids is 1. The molecule has 0 aromatic carbocycles. The van der Waals surface area contributed by atoms with Crippen LogP contribution in [-0.2, 0) is 14.6 Å². The molecular formula is C9H16N2O3S. The minimum atomic E-state index is -3.37. The van der Waals surface area contributed by atoms with Gasteiger partial charge in [0, 0.05) is 19.3 Å². The van der Waals surface area contributed by atoms with Crippen LogP contribution in [0, 0.1) is 11.3 Å². The summed E-state index contributed by atoms with van der Waals surface area (Å²) in [5, 5.41) is 7.41. The molecule has 5 nitrogen and oxygen atoms in total. The Kier molecular flexibility index (Phi) is 4.75. The summed E-state index contributed by atoms with van der Waals surface area (Å²) in [5.74, 6) is -0.472. The topological polar surface area (TPSA) is 78.2 Å². The van der Waals surface area contributed by atoms with E-state index in [4.69, 9.17) is 5.26 Å². The highest BCUT2D eigenvalue weighted by Crippen LogP contribution is 2.07. The van der Waals surface area contributed by atoms with Crippen molar-refractivity contribution >= 4 is 15.7 Å². The second-order valence-corrected chi connectivity index (χ2v) is 6.00. The van der Waals surface area contributed by atoms with Crippen LogP contribution in [-0.4, -0.2) is 43.8 Å². The van der Waals surface area contributed by atoms with Crippen LogP contribution in [0.5, 0.6) is 0 Å². The largest absolute Gasteiger partial charge is 0.341 e. The highest BCUT2D eigenvalue weighted by molar-refractivity contribution is 7.92. The average molecular weight is 232 g/mol. The van der Waals surface area contributed by atoms with Crippen molar-refractivity contribution in [1.29, 1.82) is 5.26 Å². The summed E-state index contributed by atoms with van der Waals surface area (Å²) in [7, 11) is -1.86. The Morgan fingerprint density at radius 2 is 1.93 bits per heavy atom. The van der Waals surface area contributed by atoms with E-state index >= 15 is 0 Å². The van der Waals surface area contributed by atoms with Crippen molar-refractivity contribution in [3.63, 3.8) is 0 Å². The van der Waals surface area contributed by atoms with E-state index in [2.05, 4.69) is 0 Å². The van der Waals surface area contributed by atoms with Crippen LogP contribution >= 0.6 is 0 Å². The molecule has 0 aliphatic carbocycles. The lowest BCUT2D eigenvalue weighted by Gasteiger charge is -2.25. The van der Waals surface area contributed by atoms with Crippen LogP contribution in [0.2, 0.25) is 0 Å². The van der Waals surface area contributed by atoms with Gasteiger partial charge in [0.1, 0.15) is 5.25 Å². The van der Waals surface area contributed by atoms with Gasteiger partial charge in [-0.05, 0) is 13.8 Å². The smallest absolute Gasteiger partial charge is 0.240 e. The van der Waals surface area contributed by atoms with Gasteiger partial charge in [0.2, 0.25) is 5.91 Å². The van der Waals surface area contributed by atoms with Crippen molar-refractivity contribution in [2.24, 2.45) is 0 Å². The lowest BCUT2D eigenvalue weighted by Crippen LogP contribution is -2.43. The highest BCUT2D eigenvalue weighted by Gasteiger charge is 2.28. The minimum absolute atomic E-state index is 0.193. The first-order chi connectivity index (χ1) is 6.71. The molecule has 0 fully saturated rings. The average Bonchev–Trinajstić information content (AvgIpc) is 2.13. The molecule has 0 aliphatic heterocycles. The Morgan fingerprint density at radius 1 is 1.47 bits per heavy atom. The zero-order valence-corrected chi connectivity index (χ0v) is 10.2. The molecule has 86 valence electrons. The van der Waals surface area contributed by atoms with Gasteiger partial charge in [0.15, 0.2) is 9.84 Å². The second kappa shape index (κ2) is 5.12. The van der Waals surface area contributed by atoms with Crippen LogP contribution < -0.4 is 0 Å². The molecule has 0 aromatic rings. The fourth-order valence-electron chi connectivity index (χ4n) is 0.956. The zero-order chi connectivity index (χ0) is 12.2. The first-order valence-electron chi connectivity index (χ1n) is 4.54.